The van der Waals surface area contributed by atoms with E-state index in [9.17, 15) is 5.11 Å². The van der Waals surface area contributed by atoms with E-state index >= 15 is 0 Å². The van der Waals surface area contributed by atoms with Crippen molar-refractivity contribution in [2.75, 3.05) is 13.6 Å². The molecule has 1 N–H and O–H groups in total. The molecular formula is C17H29N2OP. The van der Waals surface area contributed by atoms with Gasteiger partial charge < -0.3 is 14.7 Å². The van der Waals surface area contributed by atoms with E-state index in [4.69, 9.17) is 0 Å². The van der Waals surface area contributed by atoms with Gasteiger partial charge in [-0.3, -0.25) is 0 Å². The Morgan fingerprint density at radius 2 is 2.19 bits per heavy atom. The van der Waals surface area contributed by atoms with Crippen LogP contribution in [0.5, 0.6) is 0 Å². The molecule has 0 aromatic heterocycles. The Bertz CT molecular complexity index is 473. The minimum Gasteiger partial charge on any atom is -0.508 e. The van der Waals surface area contributed by atoms with Crippen molar-refractivity contribution in [2.24, 2.45) is 5.92 Å². The van der Waals surface area contributed by atoms with Crippen LogP contribution in [0.15, 0.2) is 47.5 Å². The van der Waals surface area contributed by atoms with Crippen LogP contribution in [-0.4, -0.2) is 34.3 Å². The Morgan fingerprint density at radius 1 is 1.57 bits per heavy atom. The molecule has 1 aliphatic rings. The second kappa shape index (κ2) is 7.70. The van der Waals surface area contributed by atoms with Crippen LogP contribution in [0.3, 0.4) is 0 Å². The number of aliphatic hydroxyl groups excluding tert-OH is 1. The number of allylic oxidation sites excluding steroid dienone is 4. The summed E-state index contributed by atoms with van der Waals surface area (Å²) in [5.41, 5.74) is 3.34. The Morgan fingerprint density at radius 3 is 2.62 bits per heavy atom. The monoisotopic (exact) mass is 308 g/mol. The zero-order valence-electron chi connectivity index (χ0n) is 13.9. The SMILES string of the molecule is C=CC1=CN(C)C(CN(P)/C(=C/C(O)=C(C)C)C(C)C)C1. The fraction of sp³-hybridized carbons (Fsp3) is 0.529. The molecule has 0 amide bonds. The van der Waals surface area contributed by atoms with Gasteiger partial charge in [-0.15, -0.1) is 0 Å². The molecule has 21 heavy (non-hydrogen) atoms. The van der Waals surface area contributed by atoms with Crippen LogP contribution >= 0.6 is 9.39 Å². The highest BCUT2D eigenvalue weighted by Gasteiger charge is 2.23. The maximum Gasteiger partial charge on any atom is 0.115 e. The molecule has 0 radical (unpaired) electrons. The summed E-state index contributed by atoms with van der Waals surface area (Å²) in [4.78, 5) is 2.24. The molecule has 0 fully saturated rings. The first-order valence-corrected chi connectivity index (χ1v) is 7.93. The van der Waals surface area contributed by atoms with Crippen molar-refractivity contribution in [3.8, 4) is 0 Å². The normalized spacial score (nSPS) is 18.8. The molecule has 0 spiro atoms. The zero-order chi connectivity index (χ0) is 16.2. The van der Waals surface area contributed by atoms with Gasteiger partial charge in [0, 0.05) is 31.5 Å². The lowest BCUT2D eigenvalue weighted by atomic mass is 10.1. The maximum atomic E-state index is 10.0. The molecule has 1 rings (SSSR count). The molecule has 118 valence electrons. The second-order valence-corrected chi connectivity index (χ2v) is 6.82. The van der Waals surface area contributed by atoms with Gasteiger partial charge >= 0.3 is 0 Å². The Balaban J connectivity index is 2.83. The van der Waals surface area contributed by atoms with Crippen LogP contribution in [0, 0.1) is 5.92 Å². The Labute approximate surface area is 132 Å². The molecule has 2 atom stereocenters. The fourth-order valence-corrected chi connectivity index (χ4v) is 2.98. The van der Waals surface area contributed by atoms with Crippen molar-refractivity contribution >= 4 is 9.39 Å². The smallest absolute Gasteiger partial charge is 0.115 e. The minimum atomic E-state index is 0.350. The Hall–Kier alpha value is -1.21. The summed E-state index contributed by atoms with van der Waals surface area (Å²) in [5, 5.41) is 10.0. The summed E-state index contributed by atoms with van der Waals surface area (Å²) in [6.07, 6.45) is 6.98. The molecule has 0 bridgehead atoms. The number of hydrogen-bond donors (Lipinski definition) is 1. The van der Waals surface area contributed by atoms with Gasteiger partial charge in [0.15, 0.2) is 0 Å². The van der Waals surface area contributed by atoms with E-state index in [0.717, 1.165) is 24.2 Å². The third-order valence-corrected chi connectivity index (χ3v) is 4.32. The van der Waals surface area contributed by atoms with Crippen LogP contribution in [0.25, 0.3) is 0 Å². The lowest BCUT2D eigenvalue weighted by molar-refractivity contribution is 0.305. The standard InChI is InChI=1S/C17H29N2OP/c1-7-14-8-15(18(6)10-14)11-19(21)16(12(2)3)9-17(20)13(4)5/h7,9-10,12,15,20H,1,8,11,21H2,2-6H3/b16-9+. The minimum absolute atomic E-state index is 0.350. The largest absolute Gasteiger partial charge is 0.508 e. The number of hydrogen-bond acceptors (Lipinski definition) is 3. The molecule has 3 nitrogen and oxygen atoms in total. The molecule has 0 aliphatic carbocycles. The van der Waals surface area contributed by atoms with Crippen LogP contribution in [0.1, 0.15) is 34.1 Å². The number of rotatable bonds is 6. The van der Waals surface area contributed by atoms with E-state index in [0.29, 0.717) is 17.7 Å². The highest BCUT2D eigenvalue weighted by atomic mass is 31.0. The van der Waals surface area contributed by atoms with Gasteiger partial charge in [-0.05, 0) is 52.8 Å². The molecule has 0 saturated heterocycles. The van der Waals surface area contributed by atoms with Crippen molar-refractivity contribution < 1.29 is 5.11 Å². The van der Waals surface area contributed by atoms with E-state index in [1.165, 1.54) is 5.57 Å². The summed E-state index contributed by atoms with van der Waals surface area (Å²) in [5.74, 6) is 0.707. The van der Waals surface area contributed by atoms with E-state index in [1.54, 1.807) is 0 Å². The number of likely N-dealkylation sites (N-methyl/N-ethyl adjacent to an activating group) is 1. The molecule has 1 aliphatic heterocycles. The predicted molar refractivity (Wildman–Crippen MR) is 94.8 cm³/mol. The van der Waals surface area contributed by atoms with E-state index < -0.39 is 0 Å². The first-order valence-electron chi connectivity index (χ1n) is 7.41. The fourth-order valence-electron chi connectivity index (χ4n) is 2.36. The first kappa shape index (κ1) is 17.8. The van der Waals surface area contributed by atoms with Crippen LogP contribution in [0.2, 0.25) is 0 Å². The quantitative estimate of drug-likeness (QED) is 0.451. The molecular weight excluding hydrogens is 279 g/mol. The summed E-state index contributed by atoms with van der Waals surface area (Å²) in [6, 6.07) is 0.437. The van der Waals surface area contributed by atoms with Crippen molar-refractivity contribution in [1.82, 2.24) is 9.57 Å². The molecule has 4 heteroatoms. The molecule has 1 heterocycles. The van der Waals surface area contributed by atoms with Gasteiger partial charge in [-0.25, -0.2) is 0 Å². The van der Waals surface area contributed by atoms with Gasteiger partial charge in [0.05, 0.1) is 0 Å². The summed E-state index contributed by atoms with van der Waals surface area (Å²) >= 11 is 0. The molecule has 0 saturated carbocycles. The highest BCUT2D eigenvalue weighted by molar-refractivity contribution is 7.13. The van der Waals surface area contributed by atoms with Gasteiger partial charge in [0.1, 0.15) is 5.76 Å². The average Bonchev–Trinajstić information content (AvgIpc) is 2.75. The van der Waals surface area contributed by atoms with Gasteiger partial charge in [-0.1, -0.05) is 26.5 Å². The van der Waals surface area contributed by atoms with Crippen molar-refractivity contribution in [3.05, 3.63) is 47.5 Å². The lowest BCUT2D eigenvalue weighted by Crippen LogP contribution is -2.33. The van der Waals surface area contributed by atoms with Crippen molar-refractivity contribution in [3.63, 3.8) is 0 Å². The first-order chi connectivity index (χ1) is 9.76. The predicted octanol–water partition coefficient (Wildman–Crippen LogP) is 4.24. The van der Waals surface area contributed by atoms with E-state index in [1.807, 2.05) is 26.0 Å². The molecule has 2 unspecified atom stereocenters. The van der Waals surface area contributed by atoms with E-state index in [-0.39, 0.29) is 0 Å². The average molecular weight is 308 g/mol. The second-order valence-electron chi connectivity index (χ2n) is 6.19. The van der Waals surface area contributed by atoms with Crippen molar-refractivity contribution in [1.29, 1.82) is 0 Å². The molecule has 0 aromatic rings. The summed E-state index contributed by atoms with van der Waals surface area (Å²) < 4.78 is 2.17. The number of nitrogens with zero attached hydrogens (tertiary/aromatic N) is 2. The van der Waals surface area contributed by atoms with Crippen LogP contribution in [0.4, 0.5) is 0 Å². The highest BCUT2D eigenvalue weighted by Crippen LogP contribution is 2.27. The third kappa shape index (κ3) is 4.93. The lowest BCUT2D eigenvalue weighted by Gasteiger charge is -2.31. The maximum absolute atomic E-state index is 10.0. The Kier molecular flexibility index (Phi) is 6.54. The molecule has 0 aromatic carbocycles. The van der Waals surface area contributed by atoms with Gasteiger partial charge in [0.25, 0.3) is 0 Å². The summed E-state index contributed by atoms with van der Waals surface area (Å²) in [6.45, 7) is 12.9. The van der Waals surface area contributed by atoms with Crippen molar-refractivity contribution in [2.45, 2.75) is 40.2 Å². The van der Waals surface area contributed by atoms with Crippen LogP contribution < -0.4 is 0 Å². The van der Waals surface area contributed by atoms with Gasteiger partial charge in [0.2, 0.25) is 0 Å². The van der Waals surface area contributed by atoms with E-state index in [2.05, 4.69) is 52.6 Å². The third-order valence-electron chi connectivity index (χ3n) is 3.81. The summed E-state index contributed by atoms with van der Waals surface area (Å²) in [7, 11) is 4.90. The topological polar surface area (TPSA) is 26.7 Å². The van der Waals surface area contributed by atoms with Crippen LogP contribution in [-0.2, 0) is 0 Å². The zero-order valence-corrected chi connectivity index (χ0v) is 15.1. The number of aliphatic hydroxyl groups is 1. The van der Waals surface area contributed by atoms with Gasteiger partial charge in [-0.2, -0.15) is 0 Å².